The predicted octanol–water partition coefficient (Wildman–Crippen LogP) is 1.75. The molecule has 0 aliphatic carbocycles. The van der Waals surface area contributed by atoms with Gasteiger partial charge in [0, 0.05) is 30.8 Å². The van der Waals surface area contributed by atoms with Crippen molar-refractivity contribution in [3.63, 3.8) is 0 Å². The van der Waals surface area contributed by atoms with Crippen LogP contribution in [0.5, 0.6) is 0 Å². The number of thiocarbonyl (C=S) groups is 1. The fraction of sp³-hybridized carbons (Fsp3) is 0.474. The second kappa shape index (κ2) is 11.4. The van der Waals surface area contributed by atoms with E-state index in [1.54, 1.807) is 31.2 Å². The van der Waals surface area contributed by atoms with E-state index in [1.165, 1.54) is 0 Å². The van der Waals surface area contributed by atoms with Crippen molar-refractivity contribution in [2.24, 2.45) is 0 Å². The zero-order valence-corrected chi connectivity index (χ0v) is 16.6. The average molecular weight is 407 g/mol. The number of carbonyl (C=O) groups is 3. The molecule has 0 bridgehead atoms. The third-order valence-electron chi connectivity index (χ3n) is 4.03. The fourth-order valence-electron chi connectivity index (χ4n) is 2.62. The molecule has 1 fully saturated rings. The van der Waals surface area contributed by atoms with Crippen molar-refractivity contribution < 1.29 is 23.9 Å². The number of anilines is 1. The minimum Gasteiger partial charge on any atom is -0.466 e. The largest absolute Gasteiger partial charge is 0.466 e. The van der Waals surface area contributed by atoms with E-state index >= 15 is 0 Å². The lowest BCUT2D eigenvalue weighted by molar-refractivity contribution is -0.144. The topological polar surface area (TPSA) is 106 Å². The minimum atomic E-state index is -0.426. The van der Waals surface area contributed by atoms with Crippen molar-refractivity contribution in [2.75, 3.05) is 25.1 Å². The molecule has 1 aromatic rings. The second-order valence-electron chi connectivity index (χ2n) is 6.23. The van der Waals surface area contributed by atoms with E-state index in [4.69, 9.17) is 21.7 Å². The lowest BCUT2D eigenvalue weighted by Crippen LogP contribution is -2.34. The number of esters is 1. The molecule has 1 atom stereocenters. The van der Waals surface area contributed by atoms with Gasteiger partial charge in [0.25, 0.3) is 5.91 Å². The van der Waals surface area contributed by atoms with E-state index in [0.29, 0.717) is 17.8 Å². The summed E-state index contributed by atoms with van der Waals surface area (Å²) in [5.41, 5.74) is 1.15. The van der Waals surface area contributed by atoms with Crippen LogP contribution >= 0.6 is 12.2 Å². The Bertz CT molecular complexity index is 702. The molecule has 1 saturated heterocycles. The maximum atomic E-state index is 12.1. The summed E-state index contributed by atoms with van der Waals surface area (Å²) in [6.45, 7) is 3.24. The number of carbonyl (C=O) groups excluding carboxylic acids is 3. The van der Waals surface area contributed by atoms with E-state index in [-0.39, 0.29) is 42.5 Å². The van der Waals surface area contributed by atoms with Gasteiger partial charge in [0.15, 0.2) is 5.11 Å². The van der Waals surface area contributed by atoms with E-state index in [1.807, 2.05) is 0 Å². The lowest BCUT2D eigenvalue weighted by atomic mass is 10.2. The molecule has 2 amide bonds. The van der Waals surface area contributed by atoms with Crippen molar-refractivity contribution in [3.05, 3.63) is 29.8 Å². The predicted molar refractivity (Wildman–Crippen MR) is 108 cm³/mol. The quantitative estimate of drug-likeness (QED) is 0.445. The van der Waals surface area contributed by atoms with Gasteiger partial charge in [-0.3, -0.25) is 14.4 Å². The molecule has 0 saturated carbocycles. The first-order valence-corrected chi connectivity index (χ1v) is 9.65. The zero-order valence-electron chi connectivity index (χ0n) is 15.8. The monoisotopic (exact) mass is 407 g/mol. The minimum absolute atomic E-state index is 0.00199. The first kappa shape index (κ1) is 21.8. The number of hydrogen-bond donors (Lipinski definition) is 3. The van der Waals surface area contributed by atoms with E-state index in [9.17, 15) is 14.4 Å². The maximum absolute atomic E-state index is 12.1. The smallest absolute Gasteiger partial charge is 0.306 e. The number of ether oxygens (including phenoxy) is 2. The van der Waals surface area contributed by atoms with Gasteiger partial charge >= 0.3 is 5.97 Å². The Labute approximate surface area is 169 Å². The van der Waals surface area contributed by atoms with Crippen molar-refractivity contribution in [1.82, 2.24) is 10.6 Å². The summed E-state index contributed by atoms with van der Waals surface area (Å²) in [6, 6.07) is 6.72. The van der Waals surface area contributed by atoms with Gasteiger partial charge in [0.05, 0.1) is 19.1 Å². The number of rotatable bonds is 8. The SMILES string of the molecule is CCOC(=O)CCC(=O)NC(=S)Nc1ccc(C(=O)NCC2CCCO2)cc1. The van der Waals surface area contributed by atoms with Crippen LogP contribution in [-0.4, -0.2) is 48.8 Å². The molecule has 0 spiro atoms. The summed E-state index contributed by atoms with van der Waals surface area (Å²) >= 11 is 5.08. The van der Waals surface area contributed by atoms with E-state index < -0.39 is 5.97 Å². The summed E-state index contributed by atoms with van der Waals surface area (Å²) in [7, 11) is 0. The summed E-state index contributed by atoms with van der Waals surface area (Å²) in [4.78, 5) is 35.2. The number of amides is 2. The number of nitrogens with one attached hydrogen (secondary N) is 3. The Morgan fingerprint density at radius 1 is 1.21 bits per heavy atom. The molecule has 1 heterocycles. The van der Waals surface area contributed by atoms with Crippen LogP contribution in [0.4, 0.5) is 5.69 Å². The van der Waals surface area contributed by atoms with Crippen LogP contribution in [0.3, 0.4) is 0 Å². The number of hydrogen-bond acceptors (Lipinski definition) is 6. The van der Waals surface area contributed by atoms with Crippen molar-refractivity contribution in [1.29, 1.82) is 0 Å². The molecular weight excluding hydrogens is 382 g/mol. The zero-order chi connectivity index (χ0) is 20.4. The van der Waals surface area contributed by atoms with Gasteiger partial charge in [-0.15, -0.1) is 0 Å². The van der Waals surface area contributed by atoms with Gasteiger partial charge in [-0.25, -0.2) is 0 Å². The van der Waals surface area contributed by atoms with Crippen LogP contribution in [0.25, 0.3) is 0 Å². The van der Waals surface area contributed by atoms with Crippen LogP contribution < -0.4 is 16.0 Å². The molecule has 1 aliphatic heterocycles. The van der Waals surface area contributed by atoms with Crippen LogP contribution in [0.15, 0.2) is 24.3 Å². The molecule has 1 unspecified atom stereocenters. The van der Waals surface area contributed by atoms with Gasteiger partial charge in [-0.05, 0) is 56.2 Å². The Balaban J connectivity index is 1.73. The van der Waals surface area contributed by atoms with Gasteiger partial charge in [-0.1, -0.05) is 0 Å². The van der Waals surface area contributed by atoms with Crippen molar-refractivity contribution in [3.8, 4) is 0 Å². The molecule has 8 nitrogen and oxygen atoms in total. The third kappa shape index (κ3) is 7.61. The summed E-state index contributed by atoms with van der Waals surface area (Å²) in [5, 5.41) is 8.33. The molecule has 1 aromatic carbocycles. The standard InChI is InChI=1S/C19H25N3O5S/c1-2-26-17(24)10-9-16(23)22-19(28)21-14-7-5-13(6-8-14)18(25)20-12-15-4-3-11-27-15/h5-8,15H,2-4,9-12H2,1H3,(H,20,25)(H2,21,22,23,28). The van der Waals surface area contributed by atoms with E-state index in [2.05, 4.69) is 16.0 Å². The molecule has 2 rings (SSSR count). The highest BCUT2D eigenvalue weighted by molar-refractivity contribution is 7.80. The molecule has 3 N–H and O–H groups in total. The number of benzene rings is 1. The highest BCUT2D eigenvalue weighted by Crippen LogP contribution is 2.12. The summed E-state index contributed by atoms with van der Waals surface area (Å²) in [5.74, 6) is -0.975. The van der Waals surface area contributed by atoms with E-state index in [0.717, 1.165) is 19.4 Å². The first-order chi connectivity index (χ1) is 13.5. The van der Waals surface area contributed by atoms with Gasteiger partial charge in [0.1, 0.15) is 0 Å². The summed E-state index contributed by atoms with van der Waals surface area (Å²) < 4.78 is 10.2. The molecule has 0 aromatic heterocycles. The van der Waals surface area contributed by atoms with Crippen LogP contribution in [0, 0.1) is 0 Å². The van der Waals surface area contributed by atoms with Gasteiger partial charge in [-0.2, -0.15) is 0 Å². The third-order valence-corrected chi connectivity index (χ3v) is 4.24. The van der Waals surface area contributed by atoms with Crippen LogP contribution in [0.1, 0.15) is 43.0 Å². The van der Waals surface area contributed by atoms with Crippen LogP contribution in [0.2, 0.25) is 0 Å². The molecule has 28 heavy (non-hydrogen) atoms. The molecule has 0 radical (unpaired) electrons. The highest BCUT2D eigenvalue weighted by Gasteiger charge is 2.16. The molecule has 1 aliphatic rings. The highest BCUT2D eigenvalue weighted by atomic mass is 32.1. The normalized spacial score (nSPS) is 15.5. The molecule has 152 valence electrons. The molecule has 9 heteroatoms. The second-order valence-corrected chi connectivity index (χ2v) is 6.64. The van der Waals surface area contributed by atoms with Crippen molar-refractivity contribution >= 4 is 40.8 Å². The maximum Gasteiger partial charge on any atom is 0.306 e. The summed E-state index contributed by atoms with van der Waals surface area (Å²) in [6.07, 6.45) is 2.07. The Hall–Kier alpha value is -2.52. The van der Waals surface area contributed by atoms with Crippen molar-refractivity contribution in [2.45, 2.75) is 38.7 Å². The fourth-order valence-corrected chi connectivity index (χ4v) is 2.85. The molecular formula is C19H25N3O5S. The average Bonchev–Trinajstić information content (AvgIpc) is 3.19. The lowest BCUT2D eigenvalue weighted by Gasteiger charge is -2.12. The first-order valence-electron chi connectivity index (χ1n) is 9.24. The van der Waals surface area contributed by atoms with Gasteiger partial charge in [0.2, 0.25) is 5.91 Å². The Morgan fingerprint density at radius 3 is 2.61 bits per heavy atom. The Kier molecular flexibility index (Phi) is 8.83. The van der Waals surface area contributed by atoms with Gasteiger partial charge < -0.3 is 25.4 Å². The van der Waals surface area contributed by atoms with Crippen LogP contribution in [-0.2, 0) is 19.1 Å². The Morgan fingerprint density at radius 2 is 1.96 bits per heavy atom.